The SMILES string of the molecule is CCN(CC)CCN1C(=O)c2oc3ccccc3c(=O)c2C1c1ccc(C(C)C)cc1. The van der Waals surface area contributed by atoms with Crippen LogP contribution >= 0.6 is 0 Å². The summed E-state index contributed by atoms with van der Waals surface area (Å²) in [5.74, 6) is 0.392. The van der Waals surface area contributed by atoms with E-state index in [2.05, 4.69) is 44.7 Å². The van der Waals surface area contributed by atoms with Crippen LogP contribution in [-0.4, -0.2) is 41.9 Å². The van der Waals surface area contributed by atoms with Crippen LogP contribution in [0.5, 0.6) is 0 Å². The maximum atomic E-state index is 13.5. The number of rotatable bonds is 7. The van der Waals surface area contributed by atoms with Gasteiger partial charge in [0.15, 0.2) is 5.43 Å². The van der Waals surface area contributed by atoms with Gasteiger partial charge in [-0.25, -0.2) is 0 Å². The van der Waals surface area contributed by atoms with Crippen molar-refractivity contribution in [1.82, 2.24) is 9.80 Å². The van der Waals surface area contributed by atoms with Gasteiger partial charge >= 0.3 is 0 Å². The van der Waals surface area contributed by atoms with Crippen molar-refractivity contribution in [2.24, 2.45) is 0 Å². The van der Waals surface area contributed by atoms with Crippen molar-refractivity contribution in [2.75, 3.05) is 26.2 Å². The molecule has 2 aromatic carbocycles. The maximum Gasteiger partial charge on any atom is 0.290 e. The second-order valence-electron chi connectivity index (χ2n) is 8.42. The first kappa shape index (κ1) is 21.3. The van der Waals surface area contributed by atoms with E-state index < -0.39 is 6.04 Å². The number of nitrogens with zero attached hydrogens (tertiary/aromatic N) is 2. The summed E-state index contributed by atoms with van der Waals surface area (Å²) in [6, 6.07) is 15.0. The molecule has 2 heterocycles. The van der Waals surface area contributed by atoms with Gasteiger partial charge in [-0.2, -0.15) is 0 Å². The highest BCUT2D eigenvalue weighted by Crippen LogP contribution is 2.38. The summed E-state index contributed by atoms with van der Waals surface area (Å²) in [5, 5.41) is 0.517. The lowest BCUT2D eigenvalue weighted by molar-refractivity contribution is 0.0708. The lowest BCUT2D eigenvalue weighted by Gasteiger charge is -2.28. The van der Waals surface area contributed by atoms with Gasteiger partial charge in [0.1, 0.15) is 5.58 Å². The number of likely N-dealkylation sites (N-methyl/N-ethyl adjacent to an activating group) is 1. The molecule has 0 saturated carbocycles. The maximum absolute atomic E-state index is 13.5. The van der Waals surface area contributed by atoms with Crippen molar-refractivity contribution in [3.8, 4) is 0 Å². The normalized spacial score (nSPS) is 16.0. The lowest BCUT2D eigenvalue weighted by Crippen LogP contribution is -2.37. The minimum Gasteiger partial charge on any atom is -0.450 e. The van der Waals surface area contributed by atoms with E-state index in [0.717, 1.165) is 25.2 Å². The van der Waals surface area contributed by atoms with E-state index in [0.29, 0.717) is 29.0 Å². The van der Waals surface area contributed by atoms with Crippen molar-refractivity contribution >= 4 is 16.9 Å². The first-order chi connectivity index (χ1) is 15.0. The molecule has 1 amide bonds. The number of hydrogen-bond donors (Lipinski definition) is 0. The first-order valence-electron chi connectivity index (χ1n) is 11.1. The molecule has 0 radical (unpaired) electrons. The van der Waals surface area contributed by atoms with Crippen LogP contribution in [0.2, 0.25) is 0 Å². The Labute approximate surface area is 183 Å². The summed E-state index contributed by atoms with van der Waals surface area (Å²) in [7, 11) is 0. The summed E-state index contributed by atoms with van der Waals surface area (Å²) in [4.78, 5) is 31.0. The van der Waals surface area contributed by atoms with E-state index in [1.54, 1.807) is 17.0 Å². The number of hydrogen-bond acceptors (Lipinski definition) is 4. The quantitative estimate of drug-likeness (QED) is 0.553. The third-order valence-electron chi connectivity index (χ3n) is 6.34. The van der Waals surface area contributed by atoms with Crippen LogP contribution in [-0.2, 0) is 0 Å². The van der Waals surface area contributed by atoms with Crippen molar-refractivity contribution in [1.29, 1.82) is 0 Å². The third-order valence-corrected chi connectivity index (χ3v) is 6.34. The number of para-hydroxylation sites is 1. The molecule has 5 heteroatoms. The van der Waals surface area contributed by atoms with Gasteiger partial charge in [-0.3, -0.25) is 9.59 Å². The van der Waals surface area contributed by atoms with Crippen LogP contribution in [0.1, 0.15) is 66.9 Å². The monoisotopic (exact) mass is 418 g/mol. The van der Waals surface area contributed by atoms with E-state index in [1.807, 2.05) is 24.3 Å². The minimum absolute atomic E-state index is 0.117. The molecule has 0 saturated heterocycles. The summed E-state index contributed by atoms with van der Waals surface area (Å²) in [6.45, 7) is 11.7. The highest BCUT2D eigenvalue weighted by Gasteiger charge is 2.42. The second kappa shape index (κ2) is 8.67. The van der Waals surface area contributed by atoms with E-state index in [-0.39, 0.29) is 17.1 Å². The molecule has 31 heavy (non-hydrogen) atoms. The fourth-order valence-electron chi connectivity index (χ4n) is 4.40. The Morgan fingerprint density at radius 1 is 1.00 bits per heavy atom. The van der Waals surface area contributed by atoms with E-state index >= 15 is 0 Å². The Morgan fingerprint density at radius 2 is 1.68 bits per heavy atom. The zero-order valence-corrected chi connectivity index (χ0v) is 18.7. The molecule has 0 spiro atoms. The third kappa shape index (κ3) is 3.79. The fourth-order valence-corrected chi connectivity index (χ4v) is 4.40. The summed E-state index contributed by atoms with van der Waals surface area (Å²) in [5.41, 5.74) is 2.97. The minimum atomic E-state index is -0.430. The Morgan fingerprint density at radius 3 is 2.32 bits per heavy atom. The van der Waals surface area contributed by atoms with Crippen LogP contribution < -0.4 is 5.43 Å². The predicted molar refractivity (Wildman–Crippen MR) is 124 cm³/mol. The van der Waals surface area contributed by atoms with Gasteiger partial charge in [0.25, 0.3) is 5.91 Å². The molecule has 1 aromatic heterocycles. The highest BCUT2D eigenvalue weighted by molar-refractivity contribution is 5.99. The Balaban J connectivity index is 1.84. The molecule has 0 fully saturated rings. The summed E-state index contributed by atoms with van der Waals surface area (Å²) in [6.07, 6.45) is 0. The lowest BCUT2D eigenvalue weighted by atomic mass is 9.95. The molecule has 162 valence electrons. The van der Waals surface area contributed by atoms with Crippen LogP contribution in [0.15, 0.2) is 57.7 Å². The molecule has 0 N–H and O–H groups in total. The Hall–Kier alpha value is -2.92. The molecule has 0 bridgehead atoms. The van der Waals surface area contributed by atoms with Crippen LogP contribution in [0.4, 0.5) is 0 Å². The first-order valence-corrected chi connectivity index (χ1v) is 11.1. The summed E-state index contributed by atoms with van der Waals surface area (Å²) >= 11 is 0. The van der Waals surface area contributed by atoms with Gasteiger partial charge in [-0.05, 0) is 42.3 Å². The van der Waals surface area contributed by atoms with Crippen molar-refractivity contribution in [2.45, 2.75) is 39.7 Å². The zero-order valence-electron chi connectivity index (χ0n) is 18.7. The Bertz CT molecular complexity index is 1140. The van der Waals surface area contributed by atoms with Gasteiger partial charge < -0.3 is 14.2 Å². The predicted octanol–water partition coefficient (Wildman–Crippen LogP) is 4.80. The number of carbonyl (C=O) groups excluding carboxylic acids is 1. The summed E-state index contributed by atoms with van der Waals surface area (Å²) < 4.78 is 6.00. The van der Waals surface area contributed by atoms with Gasteiger partial charge in [-0.15, -0.1) is 0 Å². The van der Waals surface area contributed by atoms with Crippen molar-refractivity contribution < 1.29 is 9.21 Å². The molecule has 1 aliphatic rings. The van der Waals surface area contributed by atoms with Crippen molar-refractivity contribution in [3.63, 3.8) is 0 Å². The molecule has 4 rings (SSSR count). The average molecular weight is 419 g/mol. The van der Waals surface area contributed by atoms with E-state index in [1.165, 1.54) is 5.56 Å². The second-order valence-corrected chi connectivity index (χ2v) is 8.42. The van der Waals surface area contributed by atoms with E-state index in [9.17, 15) is 9.59 Å². The molecule has 1 aliphatic heterocycles. The molecule has 1 unspecified atom stereocenters. The standard InChI is InChI=1S/C26H30N2O3/c1-5-27(6-2)15-16-28-23(19-13-11-18(12-14-19)17(3)4)22-24(29)20-9-7-8-10-21(20)31-25(22)26(28)30/h7-14,17,23H,5-6,15-16H2,1-4H3. The molecular formula is C26H30N2O3. The highest BCUT2D eigenvalue weighted by atomic mass is 16.3. The van der Waals surface area contributed by atoms with Crippen LogP contribution in [0, 0.1) is 0 Å². The molecule has 5 nitrogen and oxygen atoms in total. The zero-order chi connectivity index (χ0) is 22.1. The number of amides is 1. The van der Waals surface area contributed by atoms with E-state index in [4.69, 9.17) is 4.42 Å². The number of fused-ring (bicyclic) bond motifs is 2. The van der Waals surface area contributed by atoms with Gasteiger partial charge in [0.05, 0.1) is 17.0 Å². The molecule has 1 atom stereocenters. The topological polar surface area (TPSA) is 53.8 Å². The molecule has 0 aliphatic carbocycles. The number of benzene rings is 2. The average Bonchev–Trinajstić information content (AvgIpc) is 3.06. The van der Waals surface area contributed by atoms with Crippen LogP contribution in [0.3, 0.4) is 0 Å². The largest absolute Gasteiger partial charge is 0.450 e. The van der Waals surface area contributed by atoms with Gasteiger partial charge in [-0.1, -0.05) is 64.1 Å². The van der Waals surface area contributed by atoms with Gasteiger partial charge in [0.2, 0.25) is 5.76 Å². The smallest absolute Gasteiger partial charge is 0.290 e. The van der Waals surface area contributed by atoms with Crippen LogP contribution in [0.25, 0.3) is 11.0 Å². The fraction of sp³-hybridized carbons (Fsp3) is 0.385. The molecular weight excluding hydrogens is 388 g/mol. The van der Waals surface area contributed by atoms with Crippen molar-refractivity contribution in [3.05, 3.63) is 81.2 Å². The number of carbonyl (C=O) groups is 1. The van der Waals surface area contributed by atoms with Gasteiger partial charge in [0, 0.05) is 13.1 Å². The molecule has 3 aromatic rings. The Kier molecular flexibility index (Phi) is 5.96.